The van der Waals surface area contributed by atoms with Crippen molar-refractivity contribution in [3.8, 4) is 0 Å². The van der Waals surface area contributed by atoms with Crippen molar-refractivity contribution in [2.45, 2.75) is 26.0 Å². The van der Waals surface area contributed by atoms with Crippen LogP contribution in [0, 0.1) is 5.92 Å². The molecule has 2 N–H and O–H groups in total. The van der Waals surface area contributed by atoms with E-state index in [1.807, 2.05) is 24.8 Å². The highest BCUT2D eigenvalue weighted by molar-refractivity contribution is 7.89. The van der Waals surface area contributed by atoms with Crippen LogP contribution in [0.4, 0.5) is 11.6 Å². The highest BCUT2D eigenvalue weighted by atomic mass is 32.2. The van der Waals surface area contributed by atoms with Gasteiger partial charge >= 0.3 is 0 Å². The van der Waals surface area contributed by atoms with Gasteiger partial charge in [0.1, 0.15) is 18.0 Å². The van der Waals surface area contributed by atoms with Crippen LogP contribution in [0.5, 0.6) is 0 Å². The van der Waals surface area contributed by atoms with E-state index in [9.17, 15) is 13.5 Å². The Morgan fingerprint density at radius 1 is 1.39 bits per heavy atom. The average Bonchev–Trinajstić information content (AvgIpc) is 2.79. The van der Waals surface area contributed by atoms with Crippen LogP contribution in [0.1, 0.15) is 13.8 Å². The van der Waals surface area contributed by atoms with Gasteiger partial charge in [0.2, 0.25) is 10.0 Å². The molecule has 2 atom stereocenters. The normalized spacial score (nSPS) is 22.1. The zero-order chi connectivity index (χ0) is 17.2. The molecule has 23 heavy (non-hydrogen) atoms. The van der Waals surface area contributed by atoms with E-state index in [2.05, 4.69) is 15.3 Å². The summed E-state index contributed by atoms with van der Waals surface area (Å²) in [5.74, 6) is 0.995. The van der Waals surface area contributed by atoms with E-state index in [0.29, 0.717) is 24.7 Å². The maximum Gasteiger partial charge on any atom is 0.214 e. The molecule has 0 amide bonds. The number of aromatic nitrogens is 2. The number of hydrogen-bond acceptors (Lipinski definition) is 7. The summed E-state index contributed by atoms with van der Waals surface area (Å²) in [6.45, 7) is 4.85. The molecule has 9 heteroatoms. The predicted molar refractivity (Wildman–Crippen MR) is 90.0 cm³/mol. The first-order chi connectivity index (χ1) is 10.7. The molecular formula is C14H25N5O3S. The van der Waals surface area contributed by atoms with Gasteiger partial charge in [0, 0.05) is 45.2 Å². The molecule has 0 unspecified atom stereocenters. The number of aliphatic hydroxyl groups is 1. The monoisotopic (exact) mass is 343 g/mol. The summed E-state index contributed by atoms with van der Waals surface area (Å²) in [7, 11) is -0.337. The zero-order valence-electron chi connectivity index (χ0n) is 14.0. The minimum absolute atomic E-state index is 0.0696. The first-order valence-corrected chi connectivity index (χ1v) is 9.21. The van der Waals surface area contributed by atoms with Gasteiger partial charge < -0.3 is 15.3 Å². The third-order valence-corrected chi connectivity index (χ3v) is 5.76. The van der Waals surface area contributed by atoms with Gasteiger partial charge in [-0.05, 0) is 13.8 Å². The average molecular weight is 343 g/mol. The van der Waals surface area contributed by atoms with Gasteiger partial charge in [-0.2, -0.15) is 0 Å². The molecule has 1 saturated heterocycles. The molecule has 130 valence electrons. The molecule has 0 radical (unpaired) electrons. The van der Waals surface area contributed by atoms with Crippen molar-refractivity contribution >= 4 is 21.7 Å². The van der Waals surface area contributed by atoms with Crippen molar-refractivity contribution in [3.05, 3.63) is 12.4 Å². The molecule has 0 aliphatic carbocycles. The van der Waals surface area contributed by atoms with Gasteiger partial charge in [-0.3, -0.25) is 0 Å². The number of hydrogen-bond donors (Lipinski definition) is 2. The Morgan fingerprint density at radius 3 is 2.70 bits per heavy atom. The fraction of sp³-hybridized carbons (Fsp3) is 0.714. The van der Waals surface area contributed by atoms with Crippen LogP contribution in [0.2, 0.25) is 0 Å². The Balaban J connectivity index is 2.09. The van der Waals surface area contributed by atoms with Crippen LogP contribution >= 0.6 is 0 Å². The number of anilines is 2. The molecule has 1 fully saturated rings. The summed E-state index contributed by atoms with van der Waals surface area (Å²) in [5.41, 5.74) is 0. The standard InChI is InChI=1S/C14H25N5O3S/c1-10(2)17-13-5-14(16-9-15-13)19-6-11(12(20)7-19)8-23(21,22)18(3)4/h5,9-12,20H,6-8H2,1-4H3,(H,15,16,17)/t11-,12+/m0/s1. The van der Waals surface area contributed by atoms with Gasteiger partial charge in [0.15, 0.2) is 0 Å². The lowest BCUT2D eigenvalue weighted by Gasteiger charge is -2.19. The van der Waals surface area contributed by atoms with Crippen molar-refractivity contribution in [2.75, 3.05) is 43.2 Å². The third kappa shape index (κ3) is 4.52. The van der Waals surface area contributed by atoms with Gasteiger partial charge in [-0.15, -0.1) is 0 Å². The lowest BCUT2D eigenvalue weighted by atomic mass is 10.1. The predicted octanol–water partition coefficient (Wildman–Crippen LogP) is -0.0146. The topological polar surface area (TPSA) is 98.7 Å². The molecule has 0 saturated carbocycles. The van der Waals surface area contributed by atoms with Crippen molar-refractivity contribution in [2.24, 2.45) is 5.92 Å². The summed E-state index contributed by atoms with van der Waals surface area (Å²) < 4.78 is 25.2. The van der Waals surface area contributed by atoms with E-state index in [4.69, 9.17) is 0 Å². The number of nitrogens with zero attached hydrogens (tertiary/aromatic N) is 4. The van der Waals surface area contributed by atoms with Crippen molar-refractivity contribution in [1.82, 2.24) is 14.3 Å². The van der Waals surface area contributed by atoms with E-state index < -0.39 is 16.1 Å². The Bertz CT molecular complexity index is 635. The number of sulfonamides is 1. The first-order valence-electron chi connectivity index (χ1n) is 7.61. The molecule has 1 aliphatic heterocycles. The minimum Gasteiger partial charge on any atom is -0.391 e. The van der Waals surface area contributed by atoms with E-state index in [1.165, 1.54) is 24.7 Å². The molecule has 2 heterocycles. The number of aliphatic hydroxyl groups excluding tert-OH is 1. The fourth-order valence-electron chi connectivity index (χ4n) is 2.52. The second-order valence-electron chi connectivity index (χ2n) is 6.35. The summed E-state index contributed by atoms with van der Waals surface area (Å²) in [5, 5.41) is 13.4. The SMILES string of the molecule is CC(C)Nc1cc(N2C[C@@H](CS(=O)(=O)N(C)C)[C@H](O)C2)ncn1. The quantitative estimate of drug-likeness (QED) is 0.749. The Morgan fingerprint density at radius 2 is 2.09 bits per heavy atom. The van der Waals surface area contributed by atoms with E-state index in [0.717, 1.165) is 0 Å². The van der Waals surface area contributed by atoms with Crippen LogP contribution in [0.3, 0.4) is 0 Å². The number of nitrogens with one attached hydrogen (secondary N) is 1. The van der Waals surface area contributed by atoms with Crippen molar-refractivity contribution in [1.29, 1.82) is 0 Å². The van der Waals surface area contributed by atoms with Gasteiger partial charge in [0.05, 0.1) is 11.9 Å². The number of rotatable bonds is 6. The van der Waals surface area contributed by atoms with Crippen LogP contribution < -0.4 is 10.2 Å². The van der Waals surface area contributed by atoms with Crippen molar-refractivity contribution in [3.63, 3.8) is 0 Å². The largest absolute Gasteiger partial charge is 0.391 e. The number of β-amino-alcohol motifs (C(OH)–C–C–N with tert-alkyl or cyclic N) is 1. The second-order valence-corrected chi connectivity index (χ2v) is 8.58. The Labute approximate surface area is 137 Å². The van der Waals surface area contributed by atoms with Crippen molar-refractivity contribution < 1.29 is 13.5 Å². The lowest BCUT2D eigenvalue weighted by Crippen LogP contribution is -2.33. The zero-order valence-corrected chi connectivity index (χ0v) is 14.8. The van der Waals surface area contributed by atoms with Crippen LogP contribution in [0.25, 0.3) is 0 Å². The molecule has 2 rings (SSSR count). The molecule has 1 aromatic heterocycles. The fourth-order valence-corrected chi connectivity index (χ4v) is 3.69. The highest BCUT2D eigenvalue weighted by Crippen LogP contribution is 2.25. The van der Waals surface area contributed by atoms with Crippen LogP contribution in [-0.4, -0.2) is 72.9 Å². The molecular weight excluding hydrogens is 318 g/mol. The highest BCUT2D eigenvalue weighted by Gasteiger charge is 2.36. The summed E-state index contributed by atoms with van der Waals surface area (Å²) in [6, 6.07) is 2.06. The van der Waals surface area contributed by atoms with Crippen LogP contribution in [-0.2, 0) is 10.0 Å². The first kappa shape index (κ1) is 17.9. The molecule has 8 nitrogen and oxygen atoms in total. The van der Waals surface area contributed by atoms with Crippen LogP contribution in [0.15, 0.2) is 12.4 Å². The smallest absolute Gasteiger partial charge is 0.214 e. The Kier molecular flexibility index (Phi) is 5.43. The summed E-state index contributed by atoms with van der Waals surface area (Å²) in [4.78, 5) is 10.3. The van der Waals surface area contributed by atoms with Gasteiger partial charge in [0.25, 0.3) is 0 Å². The van der Waals surface area contributed by atoms with E-state index in [1.54, 1.807) is 0 Å². The molecule has 0 bridgehead atoms. The van der Waals surface area contributed by atoms with Gasteiger partial charge in [-0.1, -0.05) is 0 Å². The molecule has 0 spiro atoms. The molecule has 0 aromatic carbocycles. The third-order valence-electron chi connectivity index (χ3n) is 3.80. The molecule has 1 aromatic rings. The molecule has 1 aliphatic rings. The second kappa shape index (κ2) is 6.98. The maximum absolute atomic E-state index is 12.0. The van der Waals surface area contributed by atoms with E-state index in [-0.39, 0.29) is 17.7 Å². The summed E-state index contributed by atoms with van der Waals surface area (Å²) in [6.07, 6.45) is 0.775. The summed E-state index contributed by atoms with van der Waals surface area (Å²) >= 11 is 0. The maximum atomic E-state index is 12.0. The van der Waals surface area contributed by atoms with Gasteiger partial charge in [-0.25, -0.2) is 22.7 Å². The minimum atomic E-state index is -3.34. The van der Waals surface area contributed by atoms with E-state index >= 15 is 0 Å². The lowest BCUT2D eigenvalue weighted by molar-refractivity contribution is 0.157. The Hall–Kier alpha value is -1.45.